The van der Waals surface area contributed by atoms with Crippen LogP contribution in [0.15, 0.2) is 39.9 Å². The van der Waals surface area contributed by atoms with Gasteiger partial charge in [-0.2, -0.15) is 0 Å². The highest BCUT2D eigenvalue weighted by Crippen LogP contribution is 2.29. The van der Waals surface area contributed by atoms with Gasteiger partial charge < -0.3 is 9.73 Å². The lowest BCUT2D eigenvalue weighted by Crippen LogP contribution is -2.41. The highest BCUT2D eigenvalue weighted by Gasteiger charge is 2.23. The quantitative estimate of drug-likeness (QED) is 0.619. The number of nitrogens with one attached hydrogen (secondary N) is 1. The molecule has 0 spiro atoms. The fourth-order valence-electron chi connectivity index (χ4n) is 3.86. The number of furan rings is 1. The molecule has 28 heavy (non-hydrogen) atoms. The third kappa shape index (κ3) is 3.94. The number of benzene rings is 1. The topological polar surface area (TPSA) is 73.0 Å². The molecule has 3 aromatic rings. The van der Waals surface area contributed by atoms with E-state index in [1.54, 1.807) is 0 Å². The molecule has 1 fully saturated rings. The van der Waals surface area contributed by atoms with Crippen molar-refractivity contribution >= 4 is 28.6 Å². The molecule has 0 bridgehead atoms. The van der Waals surface area contributed by atoms with Gasteiger partial charge in [-0.1, -0.05) is 49.7 Å². The first-order chi connectivity index (χ1) is 13.7. The number of fused-ring (bicyclic) bond motifs is 1. The summed E-state index contributed by atoms with van der Waals surface area (Å²) in [4.78, 5) is 12.4. The standard InChI is InChI=1S/C21H26N4O2S/c1-3-25-20(18-12-15-9-5-7-11-17(15)27-18)23-24-21(25)28-13-19(26)22-16-10-6-4-8-14(16)2/h5,7,9,11-12,14,16H,3-4,6,8,10,13H2,1-2H3,(H,22,26)/t14-,16+/m1/s1. The summed E-state index contributed by atoms with van der Waals surface area (Å²) in [6, 6.07) is 10.2. The van der Waals surface area contributed by atoms with Gasteiger partial charge >= 0.3 is 0 Å². The lowest BCUT2D eigenvalue weighted by molar-refractivity contribution is -0.119. The molecule has 0 unspecified atom stereocenters. The molecule has 4 rings (SSSR count). The van der Waals surface area contributed by atoms with Gasteiger partial charge in [0.2, 0.25) is 11.7 Å². The van der Waals surface area contributed by atoms with Gasteiger partial charge in [-0.25, -0.2) is 0 Å². The number of para-hydroxylation sites is 1. The average molecular weight is 399 g/mol. The molecule has 2 atom stereocenters. The zero-order chi connectivity index (χ0) is 19.5. The molecular formula is C21H26N4O2S. The summed E-state index contributed by atoms with van der Waals surface area (Å²) in [5, 5.41) is 13.6. The summed E-state index contributed by atoms with van der Waals surface area (Å²) in [6.07, 6.45) is 4.75. The zero-order valence-corrected chi connectivity index (χ0v) is 17.2. The molecule has 148 valence electrons. The first-order valence-corrected chi connectivity index (χ1v) is 11.0. The smallest absolute Gasteiger partial charge is 0.230 e. The van der Waals surface area contributed by atoms with Crippen LogP contribution in [-0.4, -0.2) is 32.5 Å². The van der Waals surface area contributed by atoms with Gasteiger partial charge in [-0.15, -0.1) is 10.2 Å². The second-order valence-corrected chi connectivity index (χ2v) is 8.37. The van der Waals surface area contributed by atoms with Gasteiger partial charge in [0.05, 0.1) is 5.75 Å². The SMILES string of the molecule is CCn1c(SCC(=O)N[C@H]2CCCC[C@H]2C)nnc1-c1cc2ccccc2o1. The minimum Gasteiger partial charge on any atom is -0.453 e. The highest BCUT2D eigenvalue weighted by atomic mass is 32.2. The van der Waals surface area contributed by atoms with Crippen LogP contribution in [0.25, 0.3) is 22.6 Å². The zero-order valence-electron chi connectivity index (χ0n) is 16.4. The Labute approximate surface area is 169 Å². The number of amides is 1. The van der Waals surface area contributed by atoms with Crippen molar-refractivity contribution in [2.45, 2.75) is 57.3 Å². The summed E-state index contributed by atoms with van der Waals surface area (Å²) in [5.74, 6) is 2.37. The van der Waals surface area contributed by atoms with E-state index in [2.05, 4.69) is 22.4 Å². The molecule has 1 aliphatic rings. The van der Waals surface area contributed by atoms with Crippen LogP contribution in [0, 0.1) is 5.92 Å². The highest BCUT2D eigenvalue weighted by molar-refractivity contribution is 7.99. The van der Waals surface area contributed by atoms with Crippen LogP contribution in [0.4, 0.5) is 0 Å². The number of nitrogens with zero attached hydrogens (tertiary/aromatic N) is 3. The molecule has 0 radical (unpaired) electrons. The van der Waals surface area contributed by atoms with E-state index in [1.165, 1.54) is 31.0 Å². The average Bonchev–Trinajstić information content (AvgIpc) is 3.31. The summed E-state index contributed by atoms with van der Waals surface area (Å²) in [5.41, 5.74) is 0.832. The predicted octanol–water partition coefficient (Wildman–Crippen LogP) is 4.50. The minimum absolute atomic E-state index is 0.0692. The molecule has 1 N–H and O–H groups in total. The van der Waals surface area contributed by atoms with E-state index in [0.29, 0.717) is 35.8 Å². The molecular weight excluding hydrogens is 372 g/mol. The molecule has 1 aliphatic carbocycles. The number of hydrogen-bond acceptors (Lipinski definition) is 5. The van der Waals surface area contributed by atoms with E-state index in [0.717, 1.165) is 22.5 Å². The van der Waals surface area contributed by atoms with Crippen molar-refractivity contribution in [3.63, 3.8) is 0 Å². The second kappa shape index (κ2) is 8.39. The molecule has 0 aliphatic heterocycles. The monoisotopic (exact) mass is 398 g/mol. The Hall–Kier alpha value is -2.28. The number of carbonyl (C=O) groups is 1. The normalized spacial score (nSPS) is 19.8. The van der Waals surface area contributed by atoms with Crippen molar-refractivity contribution in [3.8, 4) is 11.6 Å². The second-order valence-electron chi connectivity index (χ2n) is 7.42. The van der Waals surface area contributed by atoms with Crippen molar-refractivity contribution in [1.29, 1.82) is 0 Å². The Morgan fingerprint density at radius 2 is 2.11 bits per heavy atom. The Morgan fingerprint density at radius 3 is 2.89 bits per heavy atom. The van der Waals surface area contributed by atoms with E-state index in [9.17, 15) is 4.79 Å². The number of carbonyl (C=O) groups excluding carboxylic acids is 1. The molecule has 2 heterocycles. The number of aromatic nitrogens is 3. The maximum absolute atomic E-state index is 12.4. The van der Waals surface area contributed by atoms with Crippen molar-refractivity contribution < 1.29 is 9.21 Å². The molecule has 1 amide bonds. The minimum atomic E-state index is 0.0692. The predicted molar refractivity (Wildman–Crippen MR) is 111 cm³/mol. The molecule has 7 heteroatoms. The Bertz CT molecular complexity index is 931. The largest absolute Gasteiger partial charge is 0.453 e. The van der Waals surface area contributed by atoms with Gasteiger partial charge in [0, 0.05) is 18.0 Å². The summed E-state index contributed by atoms with van der Waals surface area (Å²) in [7, 11) is 0. The summed E-state index contributed by atoms with van der Waals surface area (Å²) >= 11 is 1.43. The summed E-state index contributed by atoms with van der Waals surface area (Å²) in [6.45, 7) is 4.98. The van der Waals surface area contributed by atoms with Gasteiger partial charge in [-0.05, 0) is 37.8 Å². The first kappa shape index (κ1) is 19.1. The van der Waals surface area contributed by atoms with E-state index < -0.39 is 0 Å². The van der Waals surface area contributed by atoms with Crippen molar-refractivity contribution in [2.24, 2.45) is 5.92 Å². The molecule has 1 saturated carbocycles. The first-order valence-electron chi connectivity index (χ1n) is 10.00. The van der Waals surface area contributed by atoms with Gasteiger partial charge in [0.15, 0.2) is 10.9 Å². The van der Waals surface area contributed by atoms with Crippen LogP contribution in [0.3, 0.4) is 0 Å². The molecule has 6 nitrogen and oxygen atoms in total. The van der Waals surface area contributed by atoms with Crippen LogP contribution >= 0.6 is 11.8 Å². The van der Waals surface area contributed by atoms with Gasteiger partial charge in [0.1, 0.15) is 5.58 Å². The molecule has 2 aromatic heterocycles. The molecule has 0 saturated heterocycles. The van der Waals surface area contributed by atoms with Crippen LogP contribution in [0.1, 0.15) is 39.5 Å². The van der Waals surface area contributed by atoms with Crippen LogP contribution < -0.4 is 5.32 Å². The lowest BCUT2D eigenvalue weighted by atomic mass is 9.86. The van der Waals surface area contributed by atoms with E-state index in [4.69, 9.17) is 4.42 Å². The third-order valence-electron chi connectivity index (χ3n) is 5.47. The maximum atomic E-state index is 12.4. The fourth-order valence-corrected chi connectivity index (χ4v) is 4.68. The van der Waals surface area contributed by atoms with E-state index >= 15 is 0 Å². The fraction of sp³-hybridized carbons (Fsp3) is 0.476. The van der Waals surface area contributed by atoms with Crippen LogP contribution in [0.5, 0.6) is 0 Å². The number of hydrogen-bond donors (Lipinski definition) is 1. The van der Waals surface area contributed by atoms with Crippen molar-refractivity contribution in [2.75, 3.05) is 5.75 Å². The Morgan fingerprint density at radius 1 is 1.29 bits per heavy atom. The van der Waals surface area contributed by atoms with Gasteiger partial charge in [0.25, 0.3) is 0 Å². The number of rotatable bonds is 6. The van der Waals surface area contributed by atoms with Gasteiger partial charge in [-0.3, -0.25) is 9.36 Å². The third-order valence-corrected chi connectivity index (χ3v) is 6.44. The lowest BCUT2D eigenvalue weighted by Gasteiger charge is -2.29. The van der Waals surface area contributed by atoms with Crippen molar-refractivity contribution in [1.82, 2.24) is 20.1 Å². The van der Waals surface area contributed by atoms with E-state index in [-0.39, 0.29) is 5.91 Å². The van der Waals surface area contributed by atoms with E-state index in [1.807, 2.05) is 41.8 Å². The summed E-state index contributed by atoms with van der Waals surface area (Å²) < 4.78 is 7.93. The van der Waals surface area contributed by atoms with Crippen LogP contribution in [0.2, 0.25) is 0 Å². The van der Waals surface area contributed by atoms with Crippen molar-refractivity contribution in [3.05, 3.63) is 30.3 Å². The molecule has 1 aromatic carbocycles. The van der Waals surface area contributed by atoms with Crippen LogP contribution in [-0.2, 0) is 11.3 Å². The Balaban J connectivity index is 1.44. The number of thioether (sulfide) groups is 1. The Kier molecular flexibility index (Phi) is 5.71. The maximum Gasteiger partial charge on any atom is 0.230 e.